The van der Waals surface area contributed by atoms with Gasteiger partial charge in [0.15, 0.2) is 0 Å². The van der Waals surface area contributed by atoms with Crippen molar-refractivity contribution in [1.29, 1.82) is 0 Å². The van der Waals surface area contributed by atoms with Crippen LogP contribution in [0.2, 0.25) is 0 Å². The second-order valence-corrected chi connectivity index (χ2v) is 4.63. The number of aryl methyl sites for hydroxylation is 1. The van der Waals surface area contributed by atoms with Crippen molar-refractivity contribution in [3.8, 4) is 0 Å². The molecule has 2 N–H and O–H groups in total. The lowest BCUT2D eigenvalue weighted by atomic mass is 10.1. The van der Waals surface area contributed by atoms with E-state index in [0.717, 1.165) is 0 Å². The van der Waals surface area contributed by atoms with Crippen LogP contribution in [0.25, 0.3) is 0 Å². The van der Waals surface area contributed by atoms with Crippen molar-refractivity contribution in [2.75, 3.05) is 23.7 Å². The van der Waals surface area contributed by atoms with Gasteiger partial charge < -0.3 is 10.6 Å². The SMILES string of the molecule is Cc1cc(N)c([N+](=O)[O-])c(N2CCC(F)(F)CC2)n1. The summed E-state index contributed by atoms with van der Waals surface area (Å²) in [6, 6.07) is 1.40. The number of nitro groups is 1. The number of hydrogen-bond acceptors (Lipinski definition) is 5. The van der Waals surface area contributed by atoms with E-state index < -0.39 is 10.8 Å². The Morgan fingerprint density at radius 3 is 2.58 bits per heavy atom. The summed E-state index contributed by atoms with van der Waals surface area (Å²) in [6.07, 6.45) is -0.667. The molecule has 1 aliphatic rings. The van der Waals surface area contributed by atoms with Crippen LogP contribution < -0.4 is 10.6 Å². The van der Waals surface area contributed by atoms with Crippen molar-refractivity contribution in [1.82, 2.24) is 4.98 Å². The Morgan fingerprint density at radius 2 is 2.05 bits per heavy atom. The van der Waals surface area contributed by atoms with Gasteiger partial charge in [-0.25, -0.2) is 13.8 Å². The molecule has 0 spiro atoms. The summed E-state index contributed by atoms with van der Waals surface area (Å²) in [5.74, 6) is -2.63. The molecular formula is C11H14F2N4O2. The first-order valence-corrected chi connectivity index (χ1v) is 5.84. The average molecular weight is 272 g/mol. The van der Waals surface area contributed by atoms with Gasteiger partial charge in [-0.05, 0) is 13.0 Å². The number of anilines is 2. The second kappa shape index (κ2) is 4.60. The molecule has 1 fully saturated rings. The molecular weight excluding hydrogens is 258 g/mol. The Morgan fingerprint density at radius 1 is 1.47 bits per heavy atom. The Labute approximate surface area is 108 Å². The van der Waals surface area contributed by atoms with Gasteiger partial charge in [0.2, 0.25) is 5.82 Å². The van der Waals surface area contributed by atoms with Gasteiger partial charge in [0, 0.05) is 31.6 Å². The molecule has 6 nitrogen and oxygen atoms in total. The normalized spacial score (nSPS) is 18.4. The van der Waals surface area contributed by atoms with Gasteiger partial charge in [-0.3, -0.25) is 10.1 Å². The van der Waals surface area contributed by atoms with E-state index in [1.54, 1.807) is 6.92 Å². The number of pyridine rings is 1. The van der Waals surface area contributed by atoms with E-state index in [9.17, 15) is 18.9 Å². The topological polar surface area (TPSA) is 85.3 Å². The van der Waals surface area contributed by atoms with Gasteiger partial charge in [0.1, 0.15) is 5.69 Å². The summed E-state index contributed by atoms with van der Waals surface area (Å²) < 4.78 is 26.2. The maximum absolute atomic E-state index is 13.1. The molecule has 8 heteroatoms. The first kappa shape index (κ1) is 13.4. The number of aromatic nitrogens is 1. The predicted octanol–water partition coefficient (Wildman–Crippen LogP) is 2.12. The standard InChI is InChI=1S/C11H14F2N4O2/c1-7-6-8(14)9(17(18)19)10(15-7)16-4-2-11(12,13)3-5-16/h6H,2-5H2,1H3,(H2,14,15). The van der Waals surface area contributed by atoms with Crippen molar-refractivity contribution in [3.05, 3.63) is 21.9 Å². The van der Waals surface area contributed by atoms with Gasteiger partial charge in [-0.2, -0.15) is 0 Å². The van der Waals surface area contributed by atoms with Crippen LogP contribution in [0.15, 0.2) is 6.07 Å². The first-order chi connectivity index (χ1) is 8.80. The molecule has 0 bridgehead atoms. The van der Waals surface area contributed by atoms with Crippen LogP contribution in [0.1, 0.15) is 18.5 Å². The maximum atomic E-state index is 13.1. The molecule has 0 aromatic carbocycles. The Bertz CT molecular complexity index is 512. The minimum Gasteiger partial charge on any atom is -0.393 e. The quantitative estimate of drug-likeness (QED) is 0.658. The molecule has 0 amide bonds. The molecule has 2 rings (SSSR count). The molecule has 1 aromatic rings. The lowest BCUT2D eigenvalue weighted by Gasteiger charge is -2.32. The summed E-state index contributed by atoms with van der Waals surface area (Å²) in [4.78, 5) is 16.0. The number of halogens is 2. The molecule has 1 aromatic heterocycles. The number of nitrogens with zero attached hydrogens (tertiary/aromatic N) is 3. The molecule has 0 saturated carbocycles. The fourth-order valence-corrected chi connectivity index (χ4v) is 2.13. The molecule has 1 aliphatic heterocycles. The second-order valence-electron chi connectivity index (χ2n) is 4.63. The van der Waals surface area contributed by atoms with Crippen molar-refractivity contribution in [3.63, 3.8) is 0 Å². The van der Waals surface area contributed by atoms with Crippen molar-refractivity contribution in [2.45, 2.75) is 25.7 Å². The predicted molar refractivity (Wildman–Crippen MR) is 66.4 cm³/mol. The van der Waals surface area contributed by atoms with Crippen LogP contribution in [0.4, 0.5) is 26.0 Å². The van der Waals surface area contributed by atoms with E-state index in [1.807, 2.05) is 0 Å². The Kier molecular flexibility index (Phi) is 3.25. The summed E-state index contributed by atoms with van der Waals surface area (Å²) in [7, 11) is 0. The smallest absolute Gasteiger partial charge is 0.334 e. The van der Waals surface area contributed by atoms with E-state index in [0.29, 0.717) is 5.69 Å². The van der Waals surface area contributed by atoms with Crippen LogP contribution in [0.3, 0.4) is 0 Å². The van der Waals surface area contributed by atoms with Crippen molar-refractivity contribution < 1.29 is 13.7 Å². The van der Waals surface area contributed by atoms with Gasteiger partial charge in [-0.15, -0.1) is 0 Å². The highest BCUT2D eigenvalue weighted by atomic mass is 19.3. The Hall–Kier alpha value is -1.99. The average Bonchev–Trinajstić information content (AvgIpc) is 2.26. The Balaban J connectivity index is 2.37. The molecule has 104 valence electrons. The zero-order valence-corrected chi connectivity index (χ0v) is 10.4. The van der Waals surface area contributed by atoms with Crippen molar-refractivity contribution in [2.24, 2.45) is 0 Å². The van der Waals surface area contributed by atoms with Crippen LogP contribution >= 0.6 is 0 Å². The number of piperidine rings is 1. The van der Waals surface area contributed by atoms with E-state index in [-0.39, 0.29) is 43.1 Å². The van der Waals surface area contributed by atoms with E-state index in [4.69, 9.17) is 5.73 Å². The molecule has 2 heterocycles. The highest BCUT2D eigenvalue weighted by Crippen LogP contribution is 2.36. The zero-order chi connectivity index (χ0) is 14.2. The molecule has 19 heavy (non-hydrogen) atoms. The fraction of sp³-hybridized carbons (Fsp3) is 0.545. The molecule has 0 aliphatic carbocycles. The largest absolute Gasteiger partial charge is 0.393 e. The summed E-state index contributed by atoms with van der Waals surface area (Å²) in [5.41, 5.74) is 5.85. The highest BCUT2D eigenvalue weighted by Gasteiger charge is 2.36. The summed E-state index contributed by atoms with van der Waals surface area (Å²) in [5, 5.41) is 11.0. The fourth-order valence-electron chi connectivity index (χ4n) is 2.13. The monoisotopic (exact) mass is 272 g/mol. The van der Waals surface area contributed by atoms with Crippen LogP contribution in [-0.4, -0.2) is 28.9 Å². The van der Waals surface area contributed by atoms with Crippen LogP contribution in [0.5, 0.6) is 0 Å². The number of nitrogen functional groups attached to an aromatic ring is 1. The van der Waals surface area contributed by atoms with Crippen LogP contribution in [-0.2, 0) is 0 Å². The van der Waals surface area contributed by atoms with Gasteiger partial charge in [0.25, 0.3) is 5.92 Å². The van der Waals surface area contributed by atoms with Crippen LogP contribution in [0, 0.1) is 17.0 Å². The summed E-state index contributed by atoms with van der Waals surface area (Å²) >= 11 is 0. The number of hydrogen-bond donors (Lipinski definition) is 1. The van der Waals surface area contributed by atoms with Gasteiger partial charge in [-0.1, -0.05) is 0 Å². The van der Waals surface area contributed by atoms with Gasteiger partial charge >= 0.3 is 5.69 Å². The third kappa shape index (κ3) is 2.72. The molecule has 0 atom stereocenters. The maximum Gasteiger partial charge on any atom is 0.334 e. The first-order valence-electron chi connectivity index (χ1n) is 5.84. The van der Waals surface area contributed by atoms with Crippen molar-refractivity contribution >= 4 is 17.2 Å². The molecule has 0 radical (unpaired) electrons. The molecule has 1 saturated heterocycles. The van der Waals surface area contributed by atoms with Gasteiger partial charge in [0.05, 0.1) is 4.92 Å². The number of nitrogens with two attached hydrogens (primary N) is 1. The minimum absolute atomic E-state index is 0.00448. The number of rotatable bonds is 2. The van der Waals surface area contributed by atoms with E-state index in [2.05, 4.69) is 4.98 Å². The highest BCUT2D eigenvalue weighted by molar-refractivity contribution is 5.72. The number of alkyl halides is 2. The lowest BCUT2D eigenvalue weighted by Crippen LogP contribution is -2.40. The zero-order valence-electron chi connectivity index (χ0n) is 10.4. The molecule has 0 unspecified atom stereocenters. The van der Waals surface area contributed by atoms with E-state index >= 15 is 0 Å². The lowest BCUT2D eigenvalue weighted by molar-refractivity contribution is -0.383. The summed E-state index contributed by atoms with van der Waals surface area (Å²) in [6.45, 7) is 1.72. The third-order valence-corrected chi connectivity index (χ3v) is 3.11. The minimum atomic E-state index is -2.71. The van der Waals surface area contributed by atoms with E-state index in [1.165, 1.54) is 11.0 Å². The third-order valence-electron chi connectivity index (χ3n) is 3.11.